The lowest BCUT2D eigenvalue weighted by Gasteiger charge is -2.43. The summed E-state index contributed by atoms with van der Waals surface area (Å²) in [5.74, 6) is -0.673. The second-order valence-electron chi connectivity index (χ2n) is 7.23. The summed E-state index contributed by atoms with van der Waals surface area (Å²) >= 11 is 12.2. The summed E-state index contributed by atoms with van der Waals surface area (Å²) < 4.78 is 1.63. The molecule has 1 atom stereocenters. The molecule has 3 heterocycles. The van der Waals surface area contributed by atoms with E-state index in [1.807, 2.05) is 11.0 Å². The van der Waals surface area contributed by atoms with Crippen molar-refractivity contribution in [3.05, 3.63) is 46.2 Å². The van der Waals surface area contributed by atoms with E-state index in [9.17, 15) is 19.5 Å². The second-order valence-corrected chi connectivity index (χ2v) is 8.10. The van der Waals surface area contributed by atoms with Crippen LogP contribution in [-0.2, 0) is 16.1 Å². The van der Waals surface area contributed by atoms with Crippen LogP contribution in [0.2, 0.25) is 10.0 Å². The SMILES string of the molecule is O=C(O)N1CCN(Cc2ccc(Cl)cc2-n2cc(Cl)cn2)CC1N1C(=O)CCC1=O. The van der Waals surface area contributed by atoms with Crippen molar-refractivity contribution in [2.24, 2.45) is 0 Å². The van der Waals surface area contributed by atoms with E-state index in [1.165, 1.54) is 6.20 Å². The van der Waals surface area contributed by atoms with Gasteiger partial charge in [0, 0.05) is 50.2 Å². The van der Waals surface area contributed by atoms with Crippen LogP contribution in [0.3, 0.4) is 0 Å². The van der Waals surface area contributed by atoms with Crippen molar-refractivity contribution in [1.29, 1.82) is 0 Å². The van der Waals surface area contributed by atoms with Crippen molar-refractivity contribution in [3.8, 4) is 5.69 Å². The van der Waals surface area contributed by atoms with Gasteiger partial charge in [-0.3, -0.25) is 24.3 Å². The number of hydrogen-bond acceptors (Lipinski definition) is 5. The van der Waals surface area contributed by atoms with Gasteiger partial charge in [-0.15, -0.1) is 0 Å². The molecule has 30 heavy (non-hydrogen) atoms. The smallest absolute Gasteiger partial charge is 0.409 e. The van der Waals surface area contributed by atoms with Gasteiger partial charge in [0.15, 0.2) is 0 Å². The fourth-order valence-electron chi connectivity index (χ4n) is 3.89. The summed E-state index contributed by atoms with van der Waals surface area (Å²) in [6.07, 6.45) is 1.44. The van der Waals surface area contributed by atoms with Gasteiger partial charge in [-0.25, -0.2) is 9.48 Å². The minimum Gasteiger partial charge on any atom is -0.465 e. The lowest BCUT2D eigenvalue weighted by atomic mass is 10.1. The molecule has 0 bridgehead atoms. The number of imide groups is 1. The Morgan fingerprint density at radius 2 is 1.87 bits per heavy atom. The zero-order chi connectivity index (χ0) is 21.4. The molecule has 2 aliphatic heterocycles. The van der Waals surface area contributed by atoms with Gasteiger partial charge in [0.1, 0.15) is 6.17 Å². The Kier molecular flexibility index (Phi) is 5.68. The maximum absolute atomic E-state index is 12.2. The molecule has 1 aromatic heterocycles. The molecular formula is C19H19Cl2N5O4. The minimum atomic E-state index is -1.15. The van der Waals surface area contributed by atoms with E-state index in [0.29, 0.717) is 23.1 Å². The van der Waals surface area contributed by atoms with Gasteiger partial charge in [0.2, 0.25) is 11.8 Å². The first-order valence-corrected chi connectivity index (χ1v) is 10.1. The van der Waals surface area contributed by atoms with Crippen LogP contribution in [0, 0.1) is 0 Å². The molecule has 4 rings (SSSR count). The van der Waals surface area contributed by atoms with Gasteiger partial charge in [-0.1, -0.05) is 29.3 Å². The number of carbonyl (C=O) groups excluding carboxylic acids is 2. The molecule has 11 heteroatoms. The largest absolute Gasteiger partial charge is 0.465 e. The van der Waals surface area contributed by atoms with Crippen LogP contribution in [0.5, 0.6) is 0 Å². The first-order chi connectivity index (χ1) is 14.3. The van der Waals surface area contributed by atoms with E-state index in [2.05, 4.69) is 5.10 Å². The van der Waals surface area contributed by atoms with Gasteiger partial charge in [-0.2, -0.15) is 5.10 Å². The number of benzene rings is 1. The Morgan fingerprint density at radius 3 is 2.50 bits per heavy atom. The lowest BCUT2D eigenvalue weighted by Crippen LogP contribution is -2.62. The minimum absolute atomic E-state index is 0.115. The fraction of sp³-hybridized carbons (Fsp3) is 0.368. The molecule has 1 N–H and O–H groups in total. The Morgan fingerprint density at radius 1 is 1.13 bits per heavy atom. The number of amides is 3. The molecule has 2 fully saturated rings. The van der Waals surface area contributed by atoms with Crippen molar-refractivity contribution in [2.75, 3.05) is 19.6 Å². The van der Waals surface area contributed by atoms with E-state index in [-0.39, 0.29) is 37.7 Å². The fourth-order valence-corrected chi connectivity index (χ4v) is 4.19. The van der Waals surface area contributed by atoms with Gasteiger partial charge in [-0.05, 0) is 17.7 Å². The third-order valence-electron chi connectivity index (χ3n) is 5.31. The van der Waals surface area contributed by atoms with E-state index in [1.54, 1.807) is 23.0 Å². The number of likely N-dealkylation sites (tertiary alicyclic amines) is 1. The third kappa shape index (κ3) is 4.00. The van der Waals surface area contributed by atoms with E-state index in [0.717, 1.165) is 21.1 Å². The topological polar surface area (TPSA) is 99.0 Å². The Labute approximate surface area is 182 Å². The van der Waals surface area contributed by atoms with Crippen LogP contribution in [0.15, 0.2) is 30.6 Å². The molecule has 0 spiro atoms. The van der Waals surface area contributed by atoms with E-state index >= 15 is 0 Å². The van der Waals surface area contributed by atoms with Gasteiger partial charge in [0.25, 0.3) is 0 Å². The quantitative estimate of drug-likeness (QED) is 0.716. The predicted octanol–water partition coefficient (Wildman–Crippen LogP) is 2.45. The highest BCUT2D eigenvalue weighted by molar-refractivity contribution is 6.31. The summed E-state index contributed by atoms with van der Waals surface area (Å²) in [4.78, 5) is 40.4. The monoisotopic (exact) mass is 451 g/mol. The highest BCUT2D eigenvalue weighted by Crippen LogP contribution is 2.26. The number of piperazine rings is 1. The van der Waals surface area contributed by atoms with Gasteiger partial charge in [0.05, 0.1) is 16.9 Å². The summed E-state index contributed by atoms with van der Waals surface area (Å²) in [5.41, 5.74) is 1.65. The summed E-state index contributed by atoms with van der Waals surface area (Å²) in [7, 11) is 0. The normalized spacial score (nSPS) is 20.3. The number of carboxylic acid groups (broad SMARTS) is 1. The van der Waals surface area contributed by atoms with Crippen LogP contribution in [0.25, 0.3) is 5.69 Å². The Hall–Kier alpha value is -2.62. The number of carbonyl (C=O) groups is 3. The van der Waals surface area contributed by atoms with Crippen molar-refractivity contribution in [3.63, 3.8) is 0 Å². The summed E-state index contributed by atoms with van der Waals surface area (Å²) in [6, 6.07) is 5.42. The maximum atomic E-state index is 12.2. The molecule has 0 radical (unpaired) electrons. The van der Waals surface area contributed by atoms with Crippen molar-refractivity contribution in [1.82, 2.24) is 24.5 Å². The van der Waals surface area contributed by atoms with Gasteiger partial charge < -0.3 is 5.11 Å². The third-order valence-corrected chi connectivity index (χ3v) is 5.74. The average Bonchev–Trinajstić information content (AvgIpc) is 3.28. The molecule has 3 amide bonds. The lowest BCUT2D eigenvalue weighted by molar-refractivity contribution is -0.147. The molecule has 9 nitrogen and oxygen atoms in total. The molecule has 1 unspecified atom stereocenters. The Bertz CT molecular complexity index is 995. The maximum Gasteiger partial charge on any atom is 0.409 e. The molecule has 2 aromatic rings. The number of nitrogens with zero attached hydrogens (tertiary/aromatic N) is 5. The van der Waals surface area contributed by atoms with Crippen molar-refractivity contribution < 1.29 is 19.5 Å². The number of rotatable bonds is 4. The van der Waals surface area contributed by atoms with Crippen LogP contribution >= 0.6 is 23.2 Å². The van der Waals surface area contributed by atoms with Crippen molar-refractivity contribution in [2.45, 2.75) is 25.6 Å². The van der Waals surface area contributed by atoms with Crippen LogP contribution < -0.4 is 0 Å². The van der Waals surface area contributed by atoms with Crippen LogP contribution in [0.1, 0.15) is 18.4 Å². The summed E-state index contributed by atoms with van der Waals surface area (Å²) in [6.45, 7) is 1.34. The molecule has 0 aliphatic carbocycles. The number of halogens is 2. The first kappa shape index (κ1) is 20.6. The van der Waals surface area contributed by atoms with Gasteiger partial charge >= 0.3 is 6.09 Å². The second kappa shape index (κ2) is 8.25. The molecule has 0 saturated carbocycles. The summed E-state index contributed by atoms with van der Waals surface area (Å²) in [5, 5.41) is 14.8. The van der Waals surface area contributed by atoms with Crippen molar-refractivity contribution >= 4 is 41.1 Å². The highest BCUT2D eigenvalue weighted by atomic mass is 35.5. The van der Waals surface area contributed by atoms with E-state index in [4.69, 9.17) is 23.2 Å². The van der Waals surface area contributed by atoms with E-state index < -0.39 is 12.3 Å². The zero-order valence-corrected chi connectivity index (χ0v) is 17.4. The standard InChI is InChI=1S/C19H19Cl2N5O4/c20-13-2-1-12(15(7-13)25-10-14(21)8-22-25)9-23-5-6-24(19(29)30)16(11-23)26-17(27)3-4-18(26)28/h1-2,7-8,10,16H,3-6,9,11H2,(H,29,30). The highest BCUT2D eigenvalue weighted by Gasteiger charge is 2.42. The molecule has 1 aromatic carbocycles. The first-order valence-electron chi connectivity index (χ1n) is 9.39. The number of hydrogen-bond donors (Lipinski definition) is 1. The average molecular weight is 452 g/mol. The molecule has 158 valence electrons. The molecular weight excluding hydrogens is 433 g/mol. The van der Waals surface area contributed by atoms with Crippen LogP contribution in [-0.4, -0.2) is 73.3 Å². The molecule has 2 aliphatic rings. The Balaban J connectivity index is 1.59. The number of aromatic nitrogens is 2. The zero-order valence-electron chi connectivity index (χ0n) is 15.9. The molecule has 2 saturated heterocycles. The predicted molar refractivity (Wildman–Crippen MR) is 108 cm³/mol. The van der Waals surface area contributed by atoms with Crippen LogP contribution in [0.4, 0.5) is 4.79 Å².